The summed E-state index contributed by atoms with van der Waals surface area (Å²) in [6.45, 7) is -0.856. The molecule has 3 heterocycles. The molecule has 0 aliphatic carbocycles. The van der Waals surface area contributed by atoms with Crippen LogP contribution in [0.25, 0.3) is 0 Å². The molecule has 0 saturated carbocycles. The minimum atomic E-state index is -5.39. The minimum Gasteiger partial charge on any atom is -0.394 e. The third-order valence-corrected chi connectivity index (χ3v) is 7.36. The van der Waals surface area contributed by atoms with Gasteiger partial charge in [-0.05, 0) is 6.92 Å². The zero-order valence-electron chi connectivity index (χ0n) is 20.9. The van der Waals surface area contributed by atoms with E-state index >= 15 is 0 Å². The van der Waals surface area contributed by atoms with Crippen LogP contribution in [0.3, 0.4) is 0 Å². The molecule has 0 aromatic heterocycles. The van der Waals surface area contributed by atoms with Gasteiger partial charge in [-0.2, -0.15) is 16.8 Å². The number of aliphatic hydroxyl groups is 8. The van der Waals surface area contributed by atoms with Crippen LogP contribution in [0.1, 0.15) is 6.92 Å². The van der Waals surface area contributed by atoms with E-state index in [1.54, 1.807) is 0 Å². The van der Waals surface area contributed by atoms with Gasteiger partial charge in [-0.3, -0.25) is 9.11 Å². The van der Waals surface area contributed by atoms with E-state index < -0.39 is 126 Å². The quantitative estimate of drug-likeness (QED) is 0.0983. The third kappa shape index (κ3) is 8.44. The molecule has 15 atom stereocenters. The lowest BCUT2D eigenvalue weighted by atomic mass is 9.96. The highest BCUT2D eigenvalue weighted by atomic mass is 32.3. The zero-order valence-corrected chi connectivity index (χ0v) is 22.5. The Morgan fingerprint density at radius 1 is 0.634 bits per heavy atom. The van der Waals surface area contributed by atoms with Crippen LogP contribution in [0, 0.1) is 0 Å². The molecule has 10 N–H and O–H groups in total. The molecule has 3 aliphatic heterocycles. The molecule has 0 radical (unpaired) electrons. The first-order chi connectivity index (χ1) is 18.8. The molecule has 0 bridgehead atoms. The maximum atomic E-state index is 11.3. The largest absolute Gasteiger partial charge is 0.397 e. The van der Waals surface area contributed by atoms with Gasteiger partial charge in [0, 0.05) is 0 Å². The highest BCUT2D eigenvalue weighted by molar-refractivity contribution is 7.81. The van der Waals surface area contributed by atoms with Crippen LogP contribution in [0.15, 0.2) is 0 Å². The lowest BCUT2D eigenvalue weighted by Crippen LogP contribution is -2.67. The molecule has 3 saturated heterocycles. The highest BCUT2D eigenvalue weighted by Gasteiger charge is 2.54. The fourth-order valence-corrected chi connectivity index (χ4v) is 5.18. The average Bonchev–Trinajstić information content (AvgIpc) is 2.87. The SMILES string of the molecule is C[C@@H]1O[C@@H](O[C@H]2[C@H](O[C@@H]3O[C@H](COS(=O)(=O)O)[C@H](O)[C@H](OS(=O)(=O)O)[C@H]3O)[C@@H](O)[C@H](O)O[C@@H]2CO)[C@@H](O)[C@H](O)[C@@H]1O. The van der Waals surface area contributed by atoms with E-state index in [1.807, 2.05) is 0 Å². The van der Waals surface area contributed by atoms with E-state index in [4.69, 9.17) is 32.8 Å². The predicted octanol–water partition coefficient (Wildman–Crippen LogP) is -6.89. The summed E-state index contributed by atoms with van der Waals surface area (Å²) in [5.74, 6) is 0. The fourth-order valence-electron chi connectivity index (χ4n) is 4.37. The Morgan fingerprint density at radius 2 is 1.22 bits per heavy atom. The van der Waals surface area contributed by atoms with Gasteiger partial charge in [-0.25, -0.2) is 8.37 Å². The monoisotopic (exact) mass is 648 g/mol. The van der Waals surface area contributed by atoms with Gasteiger partial charge in [0.15, 0.2) is 18.9 Å². The van der Waals surface area contributed by atoms with Crippen LogP contribution < -0.4 is 0 Å². The maximum Gasteiger partial charge on any atom is 0.397 e. The number of hydrogen-bond donors (Lipinski definition) is 10. The third-order valence-electron chi connectivity index (χ3n) is 6.46. The molecular formula is C18H32O21S2. The van der Waals surface area contributed by atoms with Crippen molar-refractivity contribution >= 4 is 20.8 Å². The van der Waals surface area contributed by atoms with Gasteiger partial charge in [0.25, 0.3) is 0 Å². The van der Waals surface area contributed by atoms with Gasteiger partial charge >= 0.3 is 20.8 Å². The van der Waals surface area contributed by atoms with E-state index in [9.17, 15) is 57.7 Å². The van der Waals surface area contributed by atoms with Gasteiger partial charge in [-0.15, -0.1) is 0 Å². The number of aliphatic hydroxyl groups excluding tert-OH is 8. The van der Waals surface area contributed by atoms with Crippen molar-refractivity contribution in [1.82, 2.24) is 0 Å². The lowest BCUT2D eigenvalue weighted by Gasteiger charge is -2.48. The second kappa shape index (κ2) is 13.5. The van der Waals surface area contributed by atoms with Crippen LogP contribution in [0.4, 0.5) is 0 Å². The average molecular weight is 649 g/mol. The first-order valence-corrected chi connectivity index (χ1v) is 14.5. The molecule has 23 heteroatoms. The highest BCUT2D eigenvalue weighted by Crippen LogP contribution is 2.33. The van der Waals surface area contributed by atoms with Crippen molar-refractivity contribution in [2.45, 2.75) is 99.0 Å². The van der Waals surface area contributed by atoms with Gasteiger partial charge in [0.05, 0.1) is 19.3 Å². The first-order valence-electron chi connectivity index (χ1n) is 11.8. The van der Waals surface area contributed by atoms with E-state index in [2.05, 4.69) is 8.37 Å². The van der Waals surface area contributed by atoms with Crippen molar-refractivity contribution in [3.05, 3.63) is 0 Å². The van der Waals surface area contributed by atoms with Crippen LogP contribution in [0.2, 0.25) is 0 Å². The molecule has 41 heavy (non-hydrogen) atoms. The molecule has 0 unspecified atom stereocenters. The number of ether oxygens (including phenoxy) is 5. The van der Waals surface area contributed by atoms with E-state index in [-0.39, 0.29) is 0 Å². The zero-order chi connectivity index (χ0) is 31.0. The second-order valence-electron chi connectivity index (χ2n) is 9.35. The summed E-state index contributed by atoms with van der Waals surface area (Å²) in [7, 11) is -10.5. The van der Waals surface area contributed by atoms with Gasteiger partial charge in [0.2, 0.25) is 0 Å². The Hall–Kier alpha value is -0.780. The number of rotatable bonds is 10. The summed E-state index contributed by atoms with van der Waals surface area (Å²) in [6, 6.07) is 0. The molecule has 3 fully saturated rings. The van der Waals surface area contributed by atoms with E-state index in [0.29, 0.717) is 0 Å². The summed E-state index contributed by atoms with van der Waals surface area (Å²) in [5.41, 5.74) is 0. The topological polar surface area (TPSA) is 335 Å². The van der Waals surface area contributed by atoms with E-state index in [0.717, 1.165) is 0 Å². The van der Waals surface area contributed by atoms with Gasteiger partial charge in [0.1, 0.15) is 67.1 Å². The molecule has 0 spiro atoms. The van der Waals surface area contributed by atoms with Crippen molar-refractivity contribution in [1.29, 1.82) is 0 Å². The minimum absolute atomic E-state index is 0.941. The van der Waals surface area contributed by atoms with Crippen LogP contribution in [-0.4, -0.2) is 172 Å². The molecule has 3 aliphatic rings. The molecule has 0 aromatic rings. The molecule has 242 valence electrons. The number of hydrogen-bond acceptors (Lipinski definition) is 19. The van der Waals surface area contributed by atoms with Crippen molar-refractivity contribution in [2.75, 3.05) is 13.2 Å². The maximum absolute atomic E-state index is 11.3. The van der Waals surface area contributed by atoms with Gasteiger partial charge in [-0.1, -0.05) is 0 Å². The second-order valence-corrected chi connectivity index (χ2v) is 11.5. The fraction of sp³-hybridized carbons (Fsp3) is 1.00. The van der Waals surface area contributed by atoms with Gasteiger partial charge < -0.3 is 64.5 Å². The molecule has 0 aromatic carbocycles. The molecular weight excluding hydrogens is 616 g/mol. The summed E-state index contributed by atoms with van der Waals surface area (Å²) in [5, 5.41) is 81.9. The molecule has 0 amide bonds. The Balaban J connectivity index is 1.92. The van der Waals surface area contributed by atoms with Crippen LogP contribution >= 0.6 is 0 Å². The Bertz CT molecular complexity index is 1070. The van der Waals surface area contributed by atoms with Crippen LogP contribution in [0.5, 0.6) is 0 Å². The predicted molar refractivity (Wildman–Crippen MR) is 121 cm³/mol. The van der Waals surface area contributed by atoms with Crippen molar-refractivity contribution < 1.29 is 98.8 Å². The summed E-state index contributed by atoms with van der Waals surface area (Å²) in [6.07, 6.45) is -28.8. The molecule has 3 rings (SSSR count). The van der Waals surface area contributed by atoms with E-state index in [1.165, 1.54) is 6.92 Å². The summed E-state index contributed by atoms with van der Waals surface area (Å²) >= 11 is 0. The Labute approximate surface area is 232 Å². The Kier molecular flexibility index (Phi) is 11.4. The standard InChI is InChI=1S/C18H32O21S2/c1-4-7(20)9(22)10(23)17(34-4)37-13-5(2-19)35-16(26)11(24)15(13)38-18-12(25)14(39-41(30,31)32)8(21)6(36-18)3-33-40(27,28)29/h4-26H,2-3H2,1H3,(H,27,28,29)(H,30,31,32)/t4-,5+,6+,7+,8-,9+,10-,11+,12+,13+,14-,15+,16+,17-,18-/m0/s1. The van der Waals surface area contributed by atoms with Crippen LogP contribution in [-0.2, 0) is 52.8 Å². The normalized spacial score (nSPS) is 46.4. The smallest absolute Gasteiger partial charge is 0.394 e. The molecule has 21 nitrogen and oxygen atoms in total. The lowest BCUT2D eigenvalue weighted by molar-refractivity contribution is -0.381. The summed E-state index contributed by atoms with van der Waals surface area (Å²) in [4.78, 5) is 0. The van der Waals surface area contributed by atoms with Crippen molar-refractivity contribution in [2.24, 2.45) is 0 Å². The Morgan fingerprint density at radius 3 is 1.78 bits per heavy atom. The first kappa shape index (κ1) is 34.7. The van der Waals surface area contributed by atoms with Crippen molar-refractivity contribution in [3.63, 3.8) is 0 Å². The van der Waals surface area contributed by atoms with Crippen molar-refractivity contribution in [3.8, 4) is 0 Å². The summed E-state index contributed by atoms with van der Waals surface area (Å²) < 4.78 is 97.6.